The SMILES string of the molecule is C=NNc1nc(N)c2ncn([C@@H]3O[C@H](C(C)=O)[C@@H](O)[C@H]3O)c2n1. The number of ether oxygens (including phenoxy) is 1. The van der Waals surface area contributed by atoms with Gasteiger partial charge in [-0.1, -0.05) is 0 Å². The van der Waals surface area contributed by atoms with Crippen molar-refractivity contribution in [2.75, 3.05) is 11.2 Å². The number of anilines is 2. The summed E-state index contributed by atoms with van der Waals surface area (Å²) in [6.07, 6.45) is -3.50. The van der Waals surface area contributed by atoms with Gasteiger partial charge in [0.05, 0.1) is 6.33 Å². The molecule has 5 N–H and O–H groups in total. The van der Waals surface area contributed by atoms with E-state index in [0.717, 1.165) is 0 Å². The third-order valence-corrected chi connectivity index (χ3v) is 3.54. The molecule has 2 aromatic heterocycles. The maximum Gasteiger partial charge on any atom is 0.247 e. The Kier molecular flexibility index (Phi) is 3.67. The second kappa shape index (κ2) is 5.53. The number of carbonyl (C=O) groups is 1. The molecule has 11 heteroatoms. The minimum atomic E-state index is -1.35. The van der Waals surface area contributed by atoms with Gasteiger partial charge >= 0.3 is 0 Å². The Balaban J connectivity index is 2.06. The van der Waals surface area contributed by atoms with Crippen molar-refractivity contribution in [1.29, 1.82) is 0 Å². The summed E-state index contributed by atoms with van der Waals surface area (Å²) in [6.45, 7) is 4.54. The summed E-state index contributed by atoms with van der Waals surface area (Å²) in [6, 6.07) is 0. The van der Waals surface area contributed by atoms with Crippen LogP contribution in [-0.2, 0) is 9.53 Å². The molecule has 0 bridgehead atoms. The fraction of sp³-hybridized carbons (Fsp3) is 0.417. The third-order valence-electron chi connectivity index (χ3n) is 3.54. The first-order valence-corrected chi connectivity index (χ1v) is 6.68. The average molecular weight is 321 g/mol. The molecule has 0 aromatic carbocycles. The van der Waals surface area contributed by atoms with Crippen LogP contribution in [-0.4, -0.2) is 60.5 Å². The molecule has 1 aliphatic heterocycles. The third kappa shape index (κ3) is 2.40. The largest absolute Gasteiger partial charge is 0.387 e. The van der Waals surface area contributed by atoms with E-state index >= 15 is 0 Å². The van der Waals surface area contributed by atoms with Gasteiger partial charge in [-0.3, -0.25) is 9.36 Å². The number of hydrazone groups is 1. The summed E-state index contributed by atoms with van der Waals surface area (Å²) in [4.78, 5) is 23.7. The van der Waals surface area contributed by atoms with Gasteiger partial charge in [0, 0.05) is 6.72 Å². The lowest BCUT2D eigenvalue weighted by molar-refractivity contribution is -0.133. The Morgan fingerprint density at radius 3 is 2.83 bits per heavy atom. The van der Waals surface area contributed by atoms with E-state index in [1.807, 2.05) is 0 Å². The van der Waals surface area contributed by atoms with Crippen LogP contribution in [0.5, 0.6) is 0 Å². The van der Waals surface area contributed by atoms with Crippen molar-refractivity contribution >= 4 is 35.4 Å². The van der Waals surface area contributed by atoms with Gasteiger partial charge in [-0.25, -0.2) is 10.4 Å². The number of fused-ring (bicyclic) bond motifs is 1. The van der Waals surface area contributed by atoms with Crippen molar-refractivity contribution in [3.8, 4) is 0 Å². The van der Waals surface area contributed by atoms with E-state index in [9.17, 15) is 15.0 Å². The first kappa shape index (κ1) is 15.3. The zero-order valence-corrected chi connectivity index (χ0v) is 12.1. The maximum absolute atomic E-state index is 11.5. The van der Waals surface area contributed by atoms with E-state index < -0.39 is 30.3 Å². The fourth-order valence-electron chi connectivity index (χ4n) is 2.47. The average Bonchev–Trinajstić information content (AvgIpc) is 3.03. The zero-order valence-electron chi connectivity index (χ0n) is 12.1. The molecule has 4 atom stereocenters. The van der Waals surface area contributed by atoms with Gasteiger partial charge in [0.1, 0.15) is 23.8 Å². The minimum Gasteiger partial charge on any atom is -0.387 e. The highest BCUT2D eigenvalue weighted by Gasteiger charge is 2.46. The molecule has 1 fully saturated rings. The van der Waals surface area contributed by atoms with Crippen molar-refractivity contribution in [1.82, 2.24) is 19.5 Å². The lowest BCUT2D eigenvalue weighted by Gasteiger charge is -2.16. The van der Waals surface area contributed by atoms with Crippen molar-refractivity contribution in [3.63, 3.8) is 0 Å². The van der Waals surface area contributed by atoms with E-state index in [-0.39, 0.29) is 22.9 Å². The summed E-state index contributed by atoms with van der Waals surface area (Å²) >= 11 is 0. The molecule has 1 aliphatic rings. The van der Waals surface area contributed by atoms with E-state index in [1.54, 1.807) is 0 Å². The number of Topliss-reactive ketones (excluding diaryl/α,β-unsaturated/α-hetero) is 1. The molecule has 3 rings (SSSR count). The smallest absolute Gasteiger partial charge is 0.247 e. The van der Waals surface area contributed by atoms with Gasteiger partial charge in [-0.05, 0) is 6.92 Å². The zero-order chi connectivity index (χ0) is 16.7. The number of nitrogen functional groups attached to an aromatic ring is 1. The number of nitrogens with one attached hydrogen (secondary N) is 1. The number of hydrogen-bond donors (Lipinski definition) is 4. The van der Waals surface area contributed by atoms with Crippen LogP contribution in [0.4, 0.5) is 11.8 Å². The summed E-state index contributed by atoms with van der Waals surface area (Å²) in [5.41, 5.74) is 8.80. The topological polar surface area (TPSA) is 161 Å². The van der Waals surface area contributed by atoms with Crippen LogP contribution >= 0.6 is 0 Å². The molecular formula is C12H15N7O4. The van der Waals surface area contributed by atoms with Crippen molar-refractivity contribution < 1.29 is 19.7 Å². The Bertz CT molecular complexity index is 776. The monoisotopic (exact) mass is 321 g/mol. The quantitative estimate of drug-likeness (QED) is 0.394. The number of imidazole rings is 1. The minimum absolute atomic E-state index is 0.0860. The van der Waals surface area contributed by atoms with Gasteiger partial charge in [0.2, 0.25) is 5.95 Å². The number of rotatable bonds is 4. The van der Waals surface area contributed by atoms with Crippen LogP contribution in [0.3, 0.4) is 0 Å². The van der Waals surface area contributed by atoms with Crippen molar-refractivity contribution in [3.05, 3.63) is 6.33 Å². The van der Waals surface area contributed by atoms with Gasteiger partial charge in [0.25, 0.3) is 0 Å². The van der Waals surface area contributed by atoms with Gasteiger partial charge in [-0.15, -0.1) is 0 Å². The number of aliphatic hydroxyl groups excluding tert-OH is 2. The molecule has 1 saturated heterocycles. The number of nitrogens with zero attached hydrogens (tertiary/aromatic N) is 5. The Morgan fingerprint density at radius 2 is 2.22 bits per heavy atom. The highest BCUT2D eigenvalue weighted by atomic mass is 16.6. The van der Waals surface area contributed by atoms with Crippen LogP contribution in [0, 0.1) is 0 Å². The molecule has 0 spiro atoms. The van der Waals surface area contributed by atoms with Crippen LogP contribution in [0.25, 0.3) is 11.2 Å². The molecule has 2 aromatic rings. The van der Waals surface area contributed by atoms with Crippen LogP contribution in [0.1, 0.15) is 13.2 Å². The lowest BCUT2D eigenvalue weighted by Crippen LogP contribution is -2.34. The Morgan fingerprint density at radius 1 is 1.48 bits per heavy atom. The van der Waals surface area contributed by atoms with Gasteiger partial charge < -0.3 is 20.7 Å². The maximum atomic E-state index is 11.5. The molecular weight excluding hydrogens is 306 g/mol. The number of ketones is 1. The summed E-state index contributed by atoms with van der Waals surface area (Å²) in [5, 5.41) is 23.5. The molecule has 23 heavy (non-hydrogen) atoms. The van der Waals surface area contributed by atoms with E-state index in [4.69, 9.17) is 10.5 Å². The molecule has 0 aliphatic carbocycles. The summed E-state index contributed by atoms with van der Waals surface area (Å²) in [5.74, 6) is -0.213. The number of aromatic nitrogens is 4. The van der Waals surface area contributed by atoms with E-state index in [1.165, 1.54) is 17.8 Å². The molecule has 0 radical (unpaired) electrons. The van der Waals surface area contributed by atoms with Crippen molar-refractivity contribution in [2.45, 2.75) is 31.5 Å². The highest BCUT2D eigenvalue weighted by Crippen LogP contribution is 2.32. The Hall–Kier alpha value is -2.63. The molecule has 0 amide bonds. The predicted octanol–water partition coefficient (Wildman–Crippen LogP) is -1.36. The highest BCUT2D eigenvalue weighted by molar-refractivity contribution is 5.83. The predicted molar refractivity (Wildman–Crippen MR) is 79.5 cm³/mol. The van der Waals surface area contributed by atoms with E-state index in [0.29, 0.717) is 0 Å². The molecule has 122 valence electrons. The summed E-state index contributed by atoms with van der Waals surface area (Å²) in [7, 11) is 0. The van der Waals surface area contributed by atoms with Crippen LogP contribution in [0.15, 0.2) is 11.4 Å². The van der Waals surface area contributed by atoms with Crippen LogP contribution < -0.4 is 11.2 Å². The molecule has 0 unspecified atom stereocenters. The number of hydrogen-bond acceptors (Lipinski definition) is 10. The Labute approximate surface area is 129 Å². The molecule has 11 nitrogen and oxygen atoms in total. The second-order valence-electron chi connectivity index (χ2n) is 5.07. The standard InChI is InChI=1S/C12H15N7O4/c1-4(20)8-6(21)7(22)11(23-8)19-3-15-5-9(13)16-12(18-14-2)17-10(5)19/h3,6-8,11,21-22H,2H2,1H3,(H3,13,16,17,18)/t6-,7+,8+,11+/m0/s1. The first-order chi connectivity index (χ1) is 10.9. The summed E-state index contributed by atoms with van der Waals surface area (Å²) < 4.78 is 6.83. The molecule has 3 heterocycles. The first-order valence-electron chi connectivity index (χ1n) is 6.68. The number of carbonyl (C=O) groups excluding carboxylic acids is 1. The fourth-order valence-corrected chi connectivity index (χ4v) is 2.47. The number of nitrogens with two attached hydrogens (primary N) is 1. The van der Waals surface area contributed by atoms with Gasteiger partial charge in [-0.2, -0.15) is 15.1 Å². The van der Waals surface area contributed by atoms with E-state index in [2.05, 4.69) is 32.2 Å². The normalized spacial score (nSPS) is 27.3. The number of aliphatic hydroxyl groups is 2. The van der Waals surface area contributed by atoms with Crippen molar-refractivity contribution in [2.24, 2.45) is 5.10 Å². The lowest BCUT2D eigenvalue weighted by atomic mass is 10.1. The van der Waals surface area contributed by atoms with Gasteiger partial charge in [0.15, 0.2) is 23.5 Å². The van der Waals surface area contributed by atoms with Crippen LogP contribution in [0.2, 0.25) is 0 Å². The second-order valence-corrected chi connectivity index (χ2v) is 5.07. The molecule has 0 saturated carbocycles.